The maximum Gasteiger partial charge on any atom is 0.323 e. The van der Waals surface area contributed by atoms with Crippen LogP contribution in [-0.2, 0) is 9.59 Å². The van der Waals surface area contributed by atoms with Crippen molar-refractivity contribution in [2.75, 3.05) is 26.8 Å². The summed E-state index contributed by atoms with van der Waals surface area (Å²) in [6.45, 7) is -0.798. The van der Waals surface area contributed by atoms with Crippen LogP contribution in [0.4, 0.5) is 0 Å². The molecule has 1 amide bonds. The minimum absolute atomic E-state index is 0.0723. The van der Waals surface area contributed by atoms with Gasteiger partial charge < -0.3 is 19.5 Å². The van der Waals surface area contributed by atoms with Crippen molar-refractivity contribution in [2.45, 2.75) is 0 Å². The molecule has 0 aliphatic heterocycles. The molecule has 6 nitrogen and oxygen atoms in total. The number of nitrogens with zero attached hydrogens (tertiary/aromatic N) is 1. The van der Waals surface area contributed by atoms with E-state index in [1.54, 1.807) is 31.4 Å². The lowest BCUT2D eigenvalue weighted by Crippen LogP contribution is -2.38. The number of carbonyl (C=O) groups is 2. The van der Waals surface area contributed by atoms with E-state index in [0.29, 0.717) is 11.5 Å². The van der Waals surface area contributed by atoms with Crippen LogP contribution in [0, 0.1) is 12.3 Å². The Morgan fingerprint density at radius 1 is 1.30 bits per heavy atom. The molecule has 0 radical (unpaired) electrons. The summed E-state index contributed by atoms with van der Waals surface area (Å²) in [5, 5.41) is 8.69. The van der Waals surface area contributed by atoms with Crippen LogP contribution in [0.15, 0.2) is 24.3 Å². The highest BCUT2D eigenvalue weighted by Gasteiger charge is 2.16. The number of amides is 1. The molecular formula is C14H15NO5. The van der Waals surface area contributed by atoms with E-state index in [-0.39, 0.29) is 13.2 Å². The van der Waals surface area contributed by atoms with Crippen molar-refractivity contribution in [3.05, 3.63) is 24.3 Å². The smallest absolute Gasteiger partial charge is 0.323 e. The second-order valence-corrected chi connectivity index (χ2v) is 3.81. The van der Waals surface area contributed by atoms with Gasteiger partial charge >= 0.3 is 5.97 Å². The predicted molar refractivity (Wildman–Crippen MR) is 71.5 cm³/mol. The average molecular weight is 277 g/mol. The summed E-state index contributed by atoms with van der Waals surface area (Å²) in [5.74, 6) is 1.78. The Hall–Kier alpha value is -2.68. The second-order valence-electron chi connectivity index (χ2n) is 3.81. The zero-order valence-corrected chi connectivity index (χ0v) is 11.0. The number of aliphatic carboxylic acids is 1. The number of hydrogen-bond acceptors (Lipinski definition) is 4. The molecule has 1 rings (SSSR count). The van der Waals surface area contributed by atoms with Crippen molar-refractivity contribution in [1.82, 2.24) is 4.90 Å². The summed E-state index contributed by atoms with van der Waals surface area (Å²) < 4.78 is 10.3. The number of carboxylic acids is 1. The van der Waals surface area contributed by atoms with Gasteiger partial charge in [-0.2, -0.15) is 0 Å². The monoisotopic (exact) mass is 277 g/mol. The van der Waals surface area contributed by atoms with Gasteiger partial charge in [0, 0.05) is 0 Å². The van der Waals surface area contributed by atoms with Crippen molar-refractivity contribution in [3.8, 4) is 23.8 Å². The fourth-order valence-corrected chi connectivity index (χ4v) is 1.41. The zero-order valence-electron chi connectivity index (χ0n) is 11.0. The Balaban J connectivity index is 2.55. The molecule has 1 N–H and O–H groups in total. The maximum absolute atomic E-state index is 11.8. The predicted octanol–water partition coefficient (Wildman–Crippen LogP) is 0.620. The van der Waals surface area contributed by atoms with E-state index in [9.17, 15) is 9.59 Å². The van der Waals surface area contributed by atoms with Crippen LogP contribution in [0.5, 0.6) is 11.5 Å². The van der Waals surface area contributed by atoms with Crippen molar-refractivity contribution in [1.29, 1.82) is 0 Å². The van der Waals surface area contributed by atoms with Crippen molar-refractivity contribution < 1.29 is 24.2 Å². The topological polar surface area (TPSA) is 76.1 Å². The van der Waals surface area contributed by atoms with Crippen LogP contribution < -0.4 is 9.47 Å². The Bertz CT molecular complexity index is 503. The van der Waals surface area contributed by atoms with Gasteiger partial charge in [-0.25, -0.2) is 0 Å². The minimum atomic E-state index is -1.13. The van der Waals surface area contributed by atoms with Crippen LogP contribution in [-0.4, -0.2) is 48.7 Å². The molecule has 0 unspecified atom stereocenters. The molecule has 0 spiro atoms. The lowest BCUT2D eigenvalue weighted by atomic mass is 10.3. The lowest BCUT2D eigenvalue weighted by molar-refractivity contribution is -0.144. The molecule has 1 aromatic rings. The number of methoxy groups -OCH3 is 1. The summed E-state index contributed by atoms with van der Waals surface area (Å²) in [4.78, 5) is 23.4. The van der Waals surface area contributed by atoms with Crippen molar-refractivity contribution in [3.63, 3.8) is 0 Å². The quantitative estimate of drug-likeness (QED) is 0.739. The van der Waals surface area contributed by atoms with Crippen LogP contribution in [0.2, 0.25) is 0 Å². The number of rotatable bonds is 7. The standard InChI is InChI=1S/C14H15NO5/c1-3-8-15(9-14(17)18)13(16)10-20-12-6-4-11(19-2)5-7-12/h1,4-7H,8-10H2,2H3,(H,17,18). The molecule has 1 aromatic carbocycles. The van der Waals surface area contributed by atoms with Gasteiger partial charge in [0.15, 0.2) is 6.61 Å². The van der Waals surface area contributed by atoms with Crippen LogP contribution in [0.1, 0.15) is 0 Å². The minimum Gasteiger partial charge on any atom is -0.497 e. The van der Waals surface area contributed by atoms with E-state index in [2.05, 4.69) is 5.92 Å². The first-order valence-electron chi connectivity index (χ1n) is 5.76. The molecule has 0 aromatic heterocycles. The largest absolute Gasteiger partial charge is 0.497 e. The van der Waals surface area contributed by atoms with E-state index in [4.69, 9.17) is 21.0 Å². The highest BCUT2D eigenvalue weighted by Crippen LogP contribution is 2.16. The summed E-state index contributed by atoms with van der Waals surface area (Å²) in [6, 6.07) is 6.68. The van der Waals surface area contributed by atoms with Gasteiger partial charge in [0.2, 0.25) is 0 Å². The van der Waals surface area contributed by atoms with E-state index in [1.165, 1.54) is 0 Å². The Morgan fingerprint density at radius 2 is 1.90 bits per heavy atom. The first-order chi connectivity index (χ1) is 9.56. The second kappa shape index (κ2) is 7.69. The van der Waals surface area contributed by atoms with Gasteiger partial charge in [-0.3, -0.25) is 9.59 Å². The first-order valence-corrected chi connectivity index (χ1v) is 5.76. The number of carboxylic acid groups (broad SMARTS) is 1. The van der Waals surface area contributed by atoms with Crippen molar-refractivity contribution in [2.24, 2.45) is 0 Å². The molecule has 106 valence electrons. The molecule has 0 aliphatic carbocycles. The van der Waals surface area contributed by atoms with Crippen molar-refractivity contribution >= 4 is 11.9 Å². The van der Waals surface area contributed by atoms with Gasteiger partial charge in [-0.1, -0.05) is 5.92 Å². The number of ether oxygens (including phenoxy) is 2. The zero-order chi connectivity index (χ0) is 15.0. The molecule has 0 heterocycles. The van der Waals surface area contributed by atoms with Gasteiger partial charge in [-0.15, -0.1) is 6.42 Å². The molecular weight excluding hydrogens is 262 g/mol. The number of hydrogen-bond donors (Lipinski definition) is 1. The maximum atomic E-state index is 11.8. The molecule has 0 fully saturated rings. The van der Waals surface area contributed by atoms with E-state index < -0.39 is 18.4 Å². The average Bonchev–Trinajstić information content (AvgIpc) is 2.44. The highest BCUT2D eigenvalue weighted by atomic mass is 16.5. The van der Waals surface area contributed by atoms with Gasteiger partial charge in [0.05, 0.1) is 13.7 Å². The van der Waals surface area contributed by atoms with E-state index in [0.717, 1.165) is 4.90 Å². The van der Waals surface area contributed by atoms with Crippen LogP contribution in [0.25, 0.3) is 0 Å². The third-order valence-corrected chi connectivity index (χ3v) is 2.38. The van der Waals surface area contributed by atoms with Gasteiger partial charge in [0.1, 0.15) is 18.0 Å². The fraction of sp³-hybridized carbons (Fsp3) is 0.286. The number of terminal acetylenes is 1. The summed E-state index contributed by atoms with van der Waals surface area (Å²) >= 11 is 0. The summed E-state index contributed by atoms with van der Waals surface area (Å²) in [6.07, 6.45) is 5.09. The van der Waals surface area contributed by atoms with Crippen LogP contribution in [0.3, 0.4) is 0 Å². The molecule has 20 heavy (non-hydrogen) atoms. The Labute approximate surface area is 116 Å². The fourth-order valence-electron chi connectivity index (χ4n) is 1.41. The third-order valence-electron chi connectivity index (χ3n) is 2.38. The molecule has 6 heteroatoms. The Morgan fingerprint density at radius 3 is 2.40 bits per heavy atom. The van der Waals surface area contributed by atoms with E-state index >= 15 is 0 Å². The highest BCUT2D eigenvalue weighted by molar-refractivity contribution is 5.82. The number of carbonyl (C=O) groups excluding carboxylic acids is 1. The van der Waals surface area contributed by atoms with Crippen LogP contribution >= 0.6 is 0 Å². The van der Waals surface area contributed by atoms with E-state index in [1.807, 2.05) is 0 Å². The third kappa shape index (κ3) is 4.90. The molecule has 0 bridgehead atoms. The van der Waals surface area contributed by atoms with Gasteiger partial charge in [0.25, 0.3) is 5.91 Å². The molecule has 0 saturated heterocycles. The molecule has 0 saturated carbocycles. The lowest BCUT2D eigenvalue weighted by Gasteiger charge is -2.18. The number of benzene rings is 1. The molecule has 0 aliphatic rings. The van der Waals surface area contributed by atoms with Gasteiger partial charge in [-0.05, 0) is 24.3 Å². The summed E-state index contributed by atoms with van der Waals surface area (Å²) in [5.41, 5.74) is 0. The first kappa shape index (κ1) is 15.4. The SMILES string of the molecule is C#CCN(CC(=O)O)C(=O)COc1ccc(OC)cc1. The molecule has 0 atom stereocenters. The summed E-state index contributed by atoms with van der Waals surface area (Å²) in [7, 11) is 1.54. The normalized spacial score (nSPS) is 9.40. The Kier molecular flexibility index (Phi) is 5.91.